The smallest absolute Gasteiger partial charge is 0.269 e. The molecule has 9 heteroatoms. The molecular formula is C19H19ClN4O3S. The van der Waals surface area contributed by atoms with E-state index in [-0.39, 0.29) is 21.6 Å². The molecule has 0 spiro atoms. The molecular weight excluding hydrogens is 400 g/mol. The van der Waals surface area contributed by atoms with E-state index >= 15 is 0 Å². The zero-order chi connectivity index (χ0) is 20.5. The van der Waals surface area contributed by atoms with Crippen molar-refractivity contribution in [2.24, 2.45) is 0 Å². The standard InChI is InChI=1S/C19H19ClN4O3S/c1-2-5-16(25)21-13-10-8-12(9-11-13)17(26)23-24-19(28)22-18(27)14-6-3-4-7-15(14)20/h3-4,6-11H,2,5H2,1H3,(H,21,25)(H,23,26)(H2,22,24,27,28). The molecule has 2 aromatic rings. The van der Waals surface area contributed by atoms with Gasteiger partial charge in [0.1, 0.15) is 0 Å². The lowest BCUT2D eigenvalue weighted by atomic mass is 10.2. The van der Waals surface area contributed by atoms with Crippen LogP contribution in [-0.2, 0) is 4.79 Å². The van der Waals surface area contributed by atoms with E-state index in [0.29, 0.717) is 17.7 Å². The van der Waals surface area contributed by atoms with E-state index in [4.69, 9.17) is 23.8 Å². The van der Waals surface area contributed by atoms with Crippen molar-refractivity contribution in [3.8, 4) is 0 Å². The first kappa shape index (κ1) is 21.3. The highest BCUT2D eigenvalue weighted by molar-refractivity contribution is 7.80. The van der Waals surface area contributed by atoms with Gasteiger partial charge in [0.05, 0.1) is 10.6 Å². The fraction of sp³-hybridized carbons (Fsp3) is 0.158. The molecule has 0 saturated carbocycles. The Labute approximate surface area is 172 Å². The SMILES string of the molecule is CCCC(=O)Nc1ccc(C(=O)NNC(=S)NC(=O)c2ccccc2Cl)cc1. The number of thiocarbonyl (C=S) groups is 1. The van der Waals surface area contributed by atoms with Crippen molar-refractivity contribution in [1.29, 1.82) is 0 Å². The Bertz CT molecular complexity index is 887. The minimum Gasteiger partial charge on any atom is -0.326 e. The Kier molecular flexibility index (Phi) is 7.91. The fourth-order valence-corrected chi connectivity index (χ4v) is 2.55. The minimum atomic E-state index is -0.496. The monoisotopic (exact) mass is 418 g/mol. The molecule has 3 amide bonds. The molecule has 0 radical (unpaired) electrons. The average Bonchev–Trinajstić information content (AvgIpc) is 2.67. The van der Waals surface area contributed by atoms with Gasteiger partial charge in [-0.3, -0.25) is 30.6 Å². The van der Waals surface area contributed by atoms with Gasteiger partial charge in [-0.1, -0.05) is 30.7 Å². The number of anilines is 1. The molecule has 4 N–H and O–H groups in total. The summed E-state index contributed by atoms with van der Waals surface area (Å²) in [6.07, 6.45) is 1.19. The van der Waals surface area contributed by atoms with Gasteiger partial charge in [0.2, 0.25) is 5.91 Å². The highest BCUT2D eigenvalue weighted by atomic mass is 35.5. The number of halogens is 1. The van der Waals surface area contributed by atoms with Crippen molar-refractivity contribution in [3.05, 3.63) is 64.7 Å². The molecule has 0 unspecified atom stereocenters. The van der Waals surface area contributed by atoms with Crippen molar-refractivity contribution in [3.63, 3.8) is 0 Å². The van der Waals surface area contributed by atoms with Crippen LogP contribution < -0.4 is 21.5 Å². The van der Waals surface area contributed by atoms with Crippen molar-refractivity contribution >= 4 is 52.3 Å². The van der Waals surface area contributed by atoms with Gasteiger partial charge in [0.15, 0.2) is 5.11 Å². The van der Waals surface area contributed by atoms with Gasteiger partial charge in [-0.2, -0.15) is 0 Å². The lowest BCUT2D eigenvalue weighted by molar-refractivity contribution is -0.116. The molecule has 0 aromatic heterocycles. The van der Waals surface area contributed by atoms with Crippen LogP contribution in [0.5, 0.6) is 0 Å². The van der Waals surface area contributed by atoms with Gasteiger partial charge in [-0.15, -0.1) is 0 Å². The number of nitrogens with one attached hydrogen (secondary N) is 4. The Balaban J connectivity index is 1.84. The molecule has 2 aromatic carbocycles. The minimum absolute atomic E-state index is 0.0817. The molecule has 0 bridgehead atoms. The van der Waals surface area contributed by atoms with E-state index in [1.807, 2.05) is 6.92 Å². The third kappa shape index (κ3) is 6.33. The summed E-state index contributed by atoms with van der Waals surface area (Å²) in [6.45, 7) is 1.92. The molecule has 28 heavy (non-hydrogen) atoms. The molecule has 146 valence electrons. The van der Waals surface area contributed by atoms with E-state index < -0.39 is 11.8 Å². The van der Waals surface area contributed by atoms with Gasteiger partial charge >= 0.3 is 0 Å². The van der Waals surface area contributed by atoms with Gasteiger partial charge in [0, 0.05) is 17.7 Å². The normalized spacial score (nSPS) is 9.93. The van der Waals surface area contributed by atoms with Crippen LogP contribution in [0.2, 0.25) is 5.02 Å². The van der Waals surface area contributed by atoms with Crippen LogP contribution in [-0.4, -0.2) is 22.8 Å². The maximum atomic E-state index is 12.1. The zero-order valence-corrected chi connectivity index (χ0v) is 16.6. The Morgan fingerprint density at radius 3 is 2.29 bits per heavy atom. The quantitative estimate of drug-likeness (QED) is 0.442. The number of hydrogen-bond donors (Lipinski definition) is 4. The highest BCUT2D eigenvalue weighted by Crippen LogP contribution is 2.14. The van der Waals surface area contributed by atoms with Crippen LogP contribution in [0, 0.1) is 0 Å². The Morgan fingerprint density at radius 1 is 0.964 bits per heavy atom. The molecule has 7 nitrogen and oxygen atoms in total. The van der Waals surface area contributed by atoms with Gasteiger partial charge in [-0.05, 0) is 55.0 Å². The predicted octanol–water partition coefficient (Wildman–Crippen LogP) is 3.03. The molecule has 0 aliphatic rings. The third-order valence-corrected chi connectivity index (χ3v) is 4.08. The van der Waals surface area contributed by atoms with Crippen molar-refractivity contribution < 1.29 is 14.4 Å². The lowest BCUT2D eigenvalue weighted by Crippen LogP contribution is -2.48. The maximum absolute atomic E-state index is 12.1. The first-order valence-electron chi connectivity index (χ1n) is 8.46. The number of amides is 3. The second kappa shape index (κ2) is 10.4. The topological polar surface area (TPSA) is 99.3 Å². The van der Waals surface area contributed by atoms with E-state index in [9.17, 15) is 14.4 Å². The summed E-state index contributed by atoms with van der Waals surface area (Å²) in [5, 5.41) is 5.36. The summed E-state index contributed by atoms with van der Waals surface area (Å²) in [6, 6.07) is 12.9. The number of carbonyl (C=O) groups is 3. The first-order chi connectivity index (χ1) is 13.4. The van der Waals surface area contributed by atoms with E-state index in [2.05, 4.69) is 21.5 Å². The van der Waals surface area contributed by atoms with Gasteiger partial charge in [-0.25, -0.2) is 0 Å². The summed E-state index contributed by atoms with van der Waals surface area (Å²) < 4.78 is 0. The number of carbonyl (C=O) groups excluding carboxylic acids is 3. The largest absolute Gasteiger partial charge is 0.326 e. The van der Waals surface area contributed by atoms with Crippen LogP contribution in [0.4, 0.5) is 5.69 Å². The van der Waals surface area contributed by atoms with Gasteiger partial charge in [0.25, 0.3) is 11.8 Å². The summed E-state index contributed by atoms with van der Waals surface area (Å²) in [7, 11) is 0. The second-order valence-corrected chi connectivity index (χ2v) is 6.53. The van der Waals surface area contributed by atoms with Gasteiger partial charge < -0.3 is 5.32 Å². The fourth-order valence-electron chi connectivity index (χ4n) is 2.19. The molecule has 0 atom stereocenters. The lowest BCUT2D eigenvalue weighted by Gasteiger charge is -2.11. The average molecular weight is 419 g/mol. The highest BCUT2D eigenvalue weighted by Gasteiger charge is 2.12. The number of hydrazine groups is 1. The van der Waals surface area contributed by atoms with Crippen LogP contribution in [0.1, 0.15) is 40.5 Å². The second-order valence-electron chi connectivity index (χ2n) is 5.72. The number of hydrogen-bond acceptors (Lipinski definition) is 4. The number of benzene rings is 2. The van der Waals surface area contributed by atoms with Crippen molar-refractivity contribution in [2.75, 3.05) is 5.32 Å². The van der Waals surface area contributed by atoms with Crippen LogP contribution in [0.25, 0.3) is 0 Å². The predicted molar refractivity (Wildman–Crippen MR) is 112 cm³/mol. The van der Waals surface area contributed by atoms with Crippen molar-refractivity contribution in [1.82, 2.24) is 16.2 Å². The zero-order valence-electron chi connectivity index (χ0n) is 15.0. The number of rotatable bonds is 5. The molecule has 0 heterocycles. The summed E-state index contributed by atoms with van der Waals surface area (Å²) in [5.74, 6) is -1.04. The van der Waals surface area contributed by atoms with E-state index in [0.717, 1.165) is 6.42 Å². The van der Waals surface area contributed by atoms with Crippen LogP contribution in [0.3, 0.4) is 0 Å². The Hall–Kier alpha value is -2.97. The van der Waals surface area contributed by atoms with E-state index in [1.54, 1.807) is 48.5 Å². The first-order valence-corrected chi connectivity index (χ1v) is 9.25. The van der Waals surface area contributed by atoms with Crippen LogP contribution in [0.15, 0.2) is 48.5 Å². The van der Waals surface area contributed by atoms with E-state index in [1.165, 1.54) is 0 Å². The molecule has 0 aliphatic carbocycles. The summed E-state index contributed by atoms with van der Waals surface area (Å²) in [4.78, 5) is 35.8. The summed E-state index contributed by atoms with van der Waals surface area (Å²) >= 11 is 10.9. The maximum Gasteiger partial charge on any atom is 0.269 e. The molecule has 0 fully saturated rings. The molecule has 0 aliphatic heterocycles. The third-order valence-electron chi connectivity index (χ3n) is 3.54. The van der Waals surface area contributed by atoms with Crippen LogP contribution >= 0.6 is 23.8 Å². The summed E-state index contributed by atoms with van der Waals surface area (Å²) in [5.41, 5.74) is 6.05. The molecule has 0 saturated heterocycles. The van der Waals surface area contributed by atoms with Crippen molar-refractivity contribution in [2.45, 2.75) is 19.8 Å². The molecule has 2 rings (SSSR count). The Morgan fingerprint density at radius 2 is 1.64 bits per heavy atom.